The maximum atomic E-state index is 12.6. The minimum atomic E-state index is -3.02. The van der Waals surface area contributed by atoms with Gasteiger partial charge in [0, 0.05) is 38.6 Å². The number of hydrogen-bond donors (Lipinski definition) is 1. The van der Waals surface area contributed by atoms with Gasteiger partial charge in [0.25, 0.3) is 5.91 Å². The SMILES string of the molecule is CN(C(=O)c1cncc(NCC2CCCO2)c1)C1CCS(=O)(=O)C1. The van der Waals surface area contributed by atoms with Crippen LogP contribution in [0, 0.1) is 0 Å². The standard InChI is InChI=1S/C16H23N3O4S/c1-19(14-4-6-24(21,22)11-14)16(20)12-7-13(9-17-8-12)18-10-15-3-2-5-23-15/h7-9,14-15,18H,2-6,10-11H2,1H3. The van der Waals surface area contributed by atoms with Gasteiger partial charge in [-0.2, -0.15) is 0 Å². The molecule has 0 bridgehead atoms. The third-order valence-electron chi connectivity index (χ3n) is 4.62. The van der Waals surface area contributed by atoms with E-state index in [-0.39, 0.29) is 29.6 Å². The van der Waals surface area contributed by atoms with Gasteiger partial charge in [0.15, 0.2) is 9.84 Å². The second-order valence-corrected chi connectivity index (χ2v) is 8.68. The second-order valence-electron chi connectivity index (χ2n) is 6.45. The number of aromatic nitrogens is 1. The van der Waals surface area contributed by atoms with Crippen LogP contribution >= 0.6 is 0 Å². The van der Waals surface area contributed by atoms with Crippen LogP contribution in [0.5, 0.6) is 0 Å². The summed E-state index contributed by atoms with van der Waals surface area (Å²) in [5, 5.41) is 3.25. The van der Waals surface area contributed by atoms with Gasteiger partial charge in [0.2, 0.25) is 0 Å². The van der Waals surface area contributed by atoms with Crippen molar-refractivity contribution in [2.24, 2.45) is 0 Å². The minimum absolute atomic E-state index is 0.0413. The van der Waals surface area contributed by atoms with E-state index in [2.05, 4.69) is 10.3 Å². The van der Waals surface area contributed by atoms with Gasteiger partial charge >= 0.3 is 0 Å². The summed E-state index contributed by atoms with van der Waals surface area (Å²) in [6, 6.07) is 1.50. The van der Waals surface area contributed by atoms with E-state index in [1.165, 1.54) is 11.1 Å². The lowest BCUT2D eigenvalue weighted by Gasteiger charge is -2.23. The molecule has 132 valence electrons. The molecule has 2 atom stereocenters. The van der Waals surface area contributed by atoms with Gasteiger partial charge in [-0.25, -0.2) is 8.42 Å². The Kier molecular flexibility index (Phi) is 5.05. The highest BCUT2D eigenvalue weighted by atomic mass is 32.2. The molecule has 0 aromatic carbocycles. The maximum Gasteiger partial charge on any atom is 0.255 e. The lowest BCUT2D eigenvalue weighted by molar-refractivity contribution is 0.0747. The Balaban J connectivity index is 1.63. The van der Waals surface area contributed by atoms with E-state index >= 15 is 0 Å². The lowest BCUT2D eigenvalue weighted by atomic mass is 10.1. The number of nitrogens with zero attached hydrogens (tertiary/aromatic N) is 2. The van der Waals surface area contributed by atoms with Crippen LogP contribution in [0.2, 0.25) is 0 Å². The van der Waals surface area contributed by atoms with E-state index in [0.717, 1.165) is 25.1 Å². The Hall–Kier alpha value is -1.67. The number of sulfone groups is 1. The monoisotopic (exact) mass is 353 g/mol. The van der Waals surface area contributed by atoms with E-state index in [1.54, 1.807) is 19.3 Å². The van der Waals surface area contributed by atoms with Crippen molar-refractivity contribution < 1.29 is 17.9 Å². The van der Waals surface area contributed by atoms with Gasteiger partial charge in [0.05, 0.1) is 28.9 Å². The zero-order valence-electron chi connectivity index (χ0n) is 13.8. The van der Waals surface area contributed by atoms with Crippen molar-refractivity contribution in [3.05, 3.63) is 24.0 Å². The summed E-state index contributed by atoms with van der Waals surface area (Å²) in [6.45, 7) is 1.49. The largest absolute Gasteiger partial charge is 0.381 e. The molecule has 3 rings (SSSR count). The fraction of sp³-hybridized carbons (Fsp3) is 0.625. The molecule has 1 N–H and O–H groups in total. The zero-order valence-corrected chi connectivity index (χ0v) is 14.6. The Labute approximate surface area is 142 Å². The van der Waals surface area contributed by atoms with E-state index in [9.17, 15) is 13.2 Å². The maximum absolute atomic E-state index is 12.6. The third kappa shape index (κ3) is 4.05. The second kappa shape index (κ2) is 7.06. The highest BCUT2D eigenvalue weighted by Gasteiger charge is 2.33. The number of nitrogens with one attached hydrogen (secondary N) is 1. The fourth-order valence-electron chi connectivity index (χ4n) is 3.14. The number of hydrogen-bond acceptors (Lipinski definition) is 6. The quantitative estimate of drug-likeness (QED) is 0.847. The molecule has 0 saturated carbocycles. The van der Waals surface area contributed by atoms with Crippen LogP contribution in [0.25, 0.3) is 0 Å². The first kappa shape index (κ1) is 17.2. The van der Waals surface area contributed by atoms with Crippen molar-refractivity contribution >= 4 is 21.4 Å². The highest BCUT2D eigenvalue weighted by Crippen LogP contribution is 2.20. The molecule has 2 unspecified atom stereocenters. The molecule has 3 heterocycles. The molecule has 2 saturated heterocycles. The normalized spacial score (nSPS) is 25.5. The van der Waals surface area contributed by atoms with E-state index < -0.39 is 9.84 Å². The van der Waals surface area contributed by atoms with Crippen molar-refractivity contribution in [2.75, 3.05) is 37.0 Å². The first-order valence-corrected chi connectivity index (χ1v) is 10.0. The van der Waals surface area contributed by atoms with E-state index in [4.69, 9.17) is 4.74 Å². The molecule has 24 heavy (non-hydrogen) atoms. The molecule has 2 aliphatic rings. The van der Waals surface area contributed by atoms with Crippen molar-refractivity contribution in [1.29, 1.82) is 0 Å². The minimum Gasteiger partial charge on any atom is -0.381 e. The number of rotatable bonds is 5. The molecule has 8 heteroatoms. The predicted octanol–water partition coefficient (Wildman–Crippen LogP) is 0.932. The zero-order chi connectivity index (χ0) is 17.2. The average molecular weight is 353 g/mol. The van der Waals surface area contributed by atoms with E-state index in [1.807, 2.05) is 0 Å². The molecule has 0 radical (unpaired) electrons. The van der Waals surface area contributed by atoms with Gasteiger partial charge in [0.1, 0.15) is 0 Å². The molecule has 2 fully saturated rings. The molecule has 2 aliphatic heterocycles. The predicted molar refractivity (Wildman–Crippen MR) is 90.9 cm³/mol. The number of carbonyl (C=O) groups excluding carboxylic acids is 1. The number of amides is 1. The number of ether oxygens (including phenoxy) is 1. The number of pyridine rings is 1. The van der Waals surface area contributed by atoms with Crippen molar-refractivity contribution in [1.82, 2.24) is 9.88 Å². The van der Waals surface area contributed by atoms with Crippen LogP contribution in [0.15, 0.2) is 18.5 Å². The summed E-state index contributed by atoms with van der Waals surface area (Å²) >= 11 is 0. The van der Waals surface area contributed by atoms with Crippen LogP contribution < -0.4 is 5.32 Å². The Morgan fingerprint density at radius 2 is 2.25 bits per heavy atom. The van der Waals surface area contributed by atoms with Gasteiger partial charge in [-0.3, -0.25) is 9.78 Å². The van der Waals surface area contributed by atoms with Crippen LogP contribution in [0.1, 0.15) is 29.6 Å². The summed E-state index contributed by atoms with van der Waals surface area (Å²) in [4.78, 5) is 18.2. The van der Waals surface area contributed by atoms with Crippen molar-refractivity contribution in [3.63, 3.8) is 0 Å². The molecule has 1 amide bonds. The van der Waals surface area contributed by atoms with Gasteiger partial charge in [-0.05, 0) is 25.3 Å². The summed E-state index contributed by atoms with van der Waals surface area (Å²) < 4.78 is 28.8. The van der Waals surface area contributed by atoms with E-state index in [0.29, 0.717) is 18.5 Å². The molecule has 1 aromatic rings. The van der Waals surface area contributed by atoms with Crippen LogP contribution in [0.3, 0.4) is 0 Å². The summed E-state index contributed by atoms with van der Waals surface area (Å²) in [6.07, 6.45) is 6.01. The fourth-order valence-corrected chi connectivity index (χ4v) is 4.92. The molecule has 0 aliphatic carbocycles. The molecular weight excluding hydrogens is 330 g/mol. The topological polar surface area (TPSA) is 88.6 Å². The smallest absolute Gasteiger partial charge is 0.255 e. The van der Waals surface area contributed by atoms with Crippen molar-refractivity contribution in [3.8, 4) is 0 Å². The van der Waals surface area contributed by atoms with Gasteiger partial charge in [-0.15, -0.1) is 0 Å². The first-order chi connectivity index (χ1) is 11.4. The summed E-state index contributed by atoms with van der Waals surface area (Å²) in [7, 11) is -1.37. The Bertz CT molecular complexity index is 701. The third-order valence-corrected chi connectivity index (χ3v) is 6.37. The number of anilines is 1. The molecular formula is C16H23N3O4S. The van der Waals surface area contributed by atoms with Crippen molar-refractivity contribution in [2.45, 2.75) is 31.4 Å². The Morgan fingerprint density at radius 3 is 2.92 bits per heavy atom. The molecule has 7 nitrogen and oxygen atoms in total. The van der Waals surface area contributed by atoms with Crippen LogP contribution in [-0.2, 0) is 14.6 Å². The first-order valence-electron chi connectivity index (χ1n) is 8.23. The van der Waals surface area contributed by atoms with Crippen LogP contribution in [0.4, 0.5) is 5.69 Å². The average Bonchev–Trinajstić information content (AvgIpc) is 3.21. The highest BCUT2D eigenvalue weighted by molar-refractivity contribution is 7.91. The van der Waals surface area contributed by atoms with Gasteiger partial charge < -0.3 is 15.0 Å². The molecule has 1 aromatic heterocycles. The number of carbonyl (C=O) groups is 1. The lowest BCUT2D eigenvalue weighted by Crippen LogP contribution is -2.37. The summed E-state index contributed by atoms with van der Waals surface area (Å²) in [5.74, 6) is -0.0127. The summed E-state index contributed by atoms with van der Waals surface area (Å²) in [5.41, 5.74) is 1.22. The molecule has 0 spiro atoms. The van der Waals surface area contributed by atoms with Crippen LogP contribution in [-0.4, -0.2) is 68.1 Å². The van der Waals surface area contributed by atoms with Gasteiger partial charge in [-0.1, -0.05) is 0 Å². The Morgan fingerprint density at radius 1 is 1.42 bits per heavy atom.